The first-order chi connectivity index (χ1) is 10.9. The number of quaternary nitrogens is 1. The predicted molar refractivity (Wildman–Crippen MR) is 104 cm³/mol. The number of aliphatic hydroxyl groups is 1. The summed E-state index contributed by atoms with van der Waals surface area (Å²) < 4.78 is 0.939. The highest BCUT2D eigenvalue weighted by Crippen LogP contribution is 2.17. The van der Waals surface area contributed by atoms with Crippen molar-refractivity contribution in [3.63, 3.8) is 0 Å². The first kappa shape index (κ1) is 26.5. The van der Waals surface area contributed by atoms with Gasteiger partial charge in [-0.3, -0.25) is 0 Å². The lowest BCUT2D eigenvalue weighted by atomic mass is 10.1. The number of likely N-dealkylation sites (N-methyl/N-ethyl adjacent to an activating group) is 1. The normalized spacial score (nSPS) is 16.0. The molecule has 0 aromatic carbocycles. The van der Waals surface area contributed by atoms with Crippen LogP contribution in [0.5, 0.6) is 0 Å². The Hall–Kier alpha value is 0.240. The maximum atomic E-state index is 9.52. The molecule has 24 heavy (non-hydrogen) atoms. The number of nitrogens with zero attached hydrogens (tertiary/aromatic N) is 1. The Morgan fingerprint density at radius 1 is 1.00 bits per heavy atom. The van der Waals surface area contributed by atoms with Crippen LogP contribution in [0.15, 0.2) is 12.7 Å². The molecule has 0 heterocycles. The standard InChI is InChI=1S/C20H41ClNO.ClH/c1-5-7-8-9-10-11-12-13-20(21)15-18-22(4,16-6-2)17-14-19(3)23;/h6,19-20,23H,2,5,7-18H2,1,3-4H3;1H/q+1;/p-1. The quantitative estimate of drug-likeness (QED) is 0.188. The van der Waals surface area contributed by atoms with E-state index in [-0.39, 0.29) is 18.5 Å². The van der Waals surface area contributed by atoms with Crippen molar-refractivity contribution in [2.45, 2.75) is 89.5 Å². The molecule has 0 bridgehead atoms. The molecule has 3 atom stereocenters. The Bertz CT molecular complexity index is 287. The highest BCUT2D eigenvalue weighted by Gasteiger charge is 2.21. The molecule has 0 saturated carbocycles. The zero-order valence-electron chi connectivity index (χ0n) is 16.3. The van der Waals surface area contributed by atoms with Gasteiger partial charge in [0.1, 0.15) is 0 Å². The molecular formula is C20H41Cl2NO. The van der Waals surface area contributed by atoms with Crippen LogP contribution in [0.25, 0.3) is 0 Å². The van der Waals surface area contributed by atoms with Crippen LogP contribution >= 0.6 is 11.6 Å². The summed E-state index contributed by atoms with van der Waals surface area (Å²) in [4.78, 5) is 0. The van der Waals surface area contributed by atoms with Crippen molar-refractivity contribution < 1.29 is 22.0 Å². The predicted octanol–water partition coefficient (Wildman–Crippen LogP) is 2.53. The molecule has 4 heteroatoms. The van der Waals surface area contributed by atoms with E-state index in [2.05, 4.69) is 20.6 Å². The number of aliphatic hydroxyl groups excluding tert-OH is 1. The van der Waals surface area contributed by atoms with Crippen molar-refractivity contribution in [2.75, 3.05) is 26.7 Å². The second-order valence-electron chi connectivity index (χ2n) is 7.47. The van der Waals surface area contributed by atoms with Crippen LogP contribution in [0.2, 0.25) is 0 Å². The number of hydrogen-bond donors (Lipinski definition) is 1. The smallest absolute Gasteiger partial charge is 0.0969 e. The van der Waals surface area contributed by atoms with Gasteiger partial charge >= 0.3 is 0 Å². The lowest BCUT2D eigenvalue weighted by Gasteiger charge is -2.34. The minimum absolute atomic E-state index is 0. The zero-order chi connectivity index (χ0) is 17.6. The summed E-state index contributed by atoms with van der Waals surface area (Å²) in [7, 11) is 2.25. The summed E-state index contributed by atoms with van der Waals surface area (Å²) in [5.41, 5.74) is 0. The number of rotatable bonds is 16. The summed E-state index contributed by atoms with van der Waals surface area (Å²) in [6, 6.07) is 0. The van der Waals surface area contributed by atoms with E-state index in [0.29, 0.717) is 5.38 Å². The van der Waals surface area contributed by atoms with Crippen LogP contribution < -0.4 is 12.4 Å². The molecule has 0 aromatic rings. The first-order valence-corrected chi connectivity index (χ1v) is 10.1. The van der Waals surface area contributed by atoms with Crippen LogP contribution in [0.1, 0.15) is 78.1 Å². The molecule has 146 valence electrons. The highest BCUT2D eigenvalue weighted by molar-refractivity contribution is 6.20. The average molecular weight is 382 g/mol. The van der Waals surface area contributed by atoms with E-state index in [4.69, 9.17) is 11.6 Å². The van der Waals surface area contributed by atoms with Gasteiger partial charge in [-0.1, -0.05) is 58.4 Å². The van der Waals surface area contributed by atoms with Gasteiger partial charge in [0.2, 0.25) is 0 Å². The van der Waals surface area contributed by atoms with Gasteiger partial charge < -0.3 is 22.0 Å². The third kappa shape index (κ3) is 15.7. The maximum Gasteiger partial charge on any atom is 0.0969 e. The highest BCUT2D eigenvalue weighted by atomic mass is 35.5. The third-order valence-corrected chi connectivity index (χ3v) is 5.20. The molecule has 0 fully saturated rings. The summed E-state index contributed by atoms with van der Waals surface area (Å²) in [5.74, 6) is 0. The summed E-state index contributed by atoms with van der Waals surface area (Å²) >= 11 is 6.53. The van der Waals surface area contributed by atoms with Gasteiger partial charge in [-0.2, -0.15) is 0 Å². The van der Waals surface area contributed by atoms with Gasteiger partial charge in [-0.05, 0) is 19.4 Å². The molecule has 3 unspecified atom stereocenters. The second-order valence-corrected chi connectivity index (χ2v) is 8.09. The van der Waals surface area contributed by atoms with Gasteiger partial charge in [-0.25, -0.2) is 0 Å². The molecule has 0 aliphatic heterocycles. The Morgan fingerprint density at radius 2 is 1.54 bits per heavy atom. The molecule has 0 spiro atoms. The van der Waals surface area contributed by atoms with Gasteiger partial charge in [0, 0.05) is 18.2 Å². The van der Waals surface area contributed by atoms with Crippen molar-refractivity contribution in [2.24, 2.45) is 0 Å². The van der Waals surface area contributed by atoms with Gasteiger partial charge in [-0.15, -0.1) is 11.6 Å². The van der Waals surface area contributed by atoms with Gasteiger partial charge in [0.05, 0.1) is 32.8 Å². The Labute approximate surface area is 162 Å². The fourth-order valence-corrected chi connectivity index (χ4v) is 3.28. The summed E-state index contributed by atoms with van der Waals surface area (Å²) in [6.45, 7) is 11.0. The SMILES string of the molecule is C=CC[N+](C)(CCC(C)O)CCC(Cl)CCCCCCCCC.[Cl-]. The number of halogens is 2. The van der Waals surface area contributed by atoms with Crippen molar-refractivity contribution in [3.8, 4) is 0 Å². The van der Waals surface area contributed by atoms with E-state index in [1.807, 2.05) is 13.0 Å². The monoisotopic (exact) mass is 381 g/mol. The molecule has 0 aromatic heterocycles. The number of hydrogen-bond acceptors (Lipinski definition) is 1. The van der Waals surface area contributed by atoms with Crippen molar-refractivity contribution in [1.29, 1.82) is 0 Å². The molecule has 0 aliphatic carbocycles. The molecule has 1 N–H and O–H groups in total. The van der Waals surface area contributed by atoms with Gasteiger partial charge in [0.25, 0.3) is 0 Å². The number of unbranched alkanes of at least 4 members (excludes halogenated alkanes) is 6. The summed E-state index contributed by atoms with van der Waals surface area (Å²) in [5, 5.41) is 9.81. The van der Waals surface area contributed by atoms with E-state index in [0.717, 1.165) is 43.4 Å². The molecular weight excluding hydrogens is 341 g/mol. The van der Waals surface area contributed by atoms with Crippen molar-refractivity contribution in [3.05, 3.63) is 12.7 Å². The fraction of sp³-hybridized carbons (Fsp3) is 0.900. The second kappa shape index (κ2) is 16.7. The molecule has 0 amide bonds. The Kier molecular flexibility index (Phi) is 18.4. The van der Waals surface area contributed by atoms with E-state index in [1.165, 1.54) is 44.9 Å². The van der Waals surface area contributed by atoms with Crippen LogP contribution in [0.3, 0.4) is 0 Å². The minimum Gasteiger partial charge on any atom is -1.00 e. The van der Waals surface area contributed by atoms with E-state index < -0.39 is 0 Å². The Balaban J connectivity index is 0. The van der Waals surface area contributed by atoms with E-state index in [9.17, 15) is 5.11 Å². The van der Waals surface area contributed by atoms with Crippen LogP contribution in [0.4, 0.5) is 0 Å². The molecule has 0 saturated heterocycles. The lowest BCUT2D eigenvalue weighted by molar-refractivity contribution is -0.904. The van der Waals surface area contributed by atoms with E-state index in [1.54, 1.807) is 0 Å². The van der Waals surface area contributed by atoms with Crippen molar-refractivity contribution in [1.82, 2.24) is 0 Å². The average Bonchev–Trinajstić information content (AvgIpc) is 2.51. The largest absolute Gasteiger partial charge is 1.00 e. The Morgan fingerprint density at radius 3 is 2.08 bits per heavy atom. The van der Waals surface area contributed by atoms with Crippen LogP contribution in [-0.4, -0.2) is 47.8 Å². The molecule has 2 nitrogen and oxygen atoms in total. The minimum atomic E-state index is -0.225. The first-order valence-electron chi connectivity index (χ1n) is 9.70. The maximum absolute atomic E-state index is 9.52. The third-order valence-electron chi connectivity index (χ3n) is 4.76. The topological polar surface area (TPSA) is 20.2 Å². The fourth-order valence-electron chi connectivity index (χ4n) is 3.02. The molecule has 0 aliphatic rings. The van der Waals surface area contributed by atoms with E-state index >= 15 is 0 Å². The summed E-state index contributed by atoms with van der Waals surface area (Å²) in [6.07, 6.45) is 14.2. The number of alkyl halides is 1. The van der Waals surface area contributed by atoms with Crippen LogP contribution in [0, 0.1) is 0 Å². The van der Waals surface area contributed by atoms with Gasteiger partial charge in [0.15, 0.2) is 0 Å². The van der Waals surface area contributed by atoms with Crippen molar-refractivity contribution >= 4 is 11.6 Å². The zero-order valence-corrected chi connectivity index (χ0v) is 17.8. The molecule has 0 rings (SSSR count). The van der Waals surface area contributed by atoms with Crippen LogP contribution in [-0.2, 0) is 0 Å². The molecule has 0 radical (unpaired) electrons. The lowest BCUT2D eigenvalue weighted by Crippen LogP contribution is -3.00.